The lowest BCUT2D eigenvalue weighted by Crippen LogP contribution is -2.63. The minimum Gasteiger partial charge on any atom is -0.390 e. The molecule has 0 radical (unpaired) electrons. The Morgan fingerprint density at radius 1 is 1.00 bits per heavy atom. The number of hydrogen-bond donors (Lipinski definition) is 2. The number of rotatable bonds is 0. The van der Waals surface area contributed by atoms with E-state index in [1.165, 1.54) is 32.1 Å². The van der Waals surface area contributed by atoms with E-state index in [1.807, 2.05) is 0 Å². The van der Waals surface area contributed by atoms with Crippen molar-refractivity contribution in [3.05, 3.63) is 11.6 Å². The first kappa shape index (κ1) is 15.2. The van der Waals surface area contributed by atoms with Crippen molar-refractivity contribution in [2.75, 3.05) is 0 Å². The molecule has 0 aliphatic heterocycles. The Labute approximate surface area is 135 Å². The number of aliphatic hydroxyl groups is 2. The van der Waals surface area contributed by atoms with Gasteiger partial charge in [-0.15, -0.1) is 0 Å². The van der Waals surface area contributed by atoms with Crippen molar-refractivity contribution in [1.29, 1.82) is 0 Å². The molecular weight excluding hydrogens is 272 g/mol. The standard InChI is InChI=1S/C20H32O2/c1-12-9-20-8-7-15-18(2,3)17(22)14(21)11-19(15,4)16(20)6-5-13(12)10-20/h9,13-17,21-22H,5-8,10-11H2,1-4H3/t13-,14-,15-,16+,17-,19-,20-/m1/s1. The fourth-order valence-electron chi connectivity index (χ4n) is 7.57. The van der Waals surface area contributed by atoms with Crippen molar-refractivity contribution in [2.24, 2.45) is 34.0 Å². The molecule has 0 heterocycles. The number of allylic oxidation sites excluding steroid dienone is 2. The Hall–Kier alpha value is -0.340. The molecule has 2 nitrogen and oxygen atoms in total. The summed E-state index contributed by atoms with van der Waals surface area (Å²) in [5.74, 6) is 2.04. The molecule has 7 atom stereocenters. The van der Waals surface area contributed by atoms with Crippen LogP contribution in [-0.4, -0.2) is 22.4 Å². The van der Waals surface area contributed by atoms with Crippen LogP contribution in [0.3, 0.4) is 0 Å². The quantitative estimate of drug-likeness (QED) is 0.666. The van der Waals surface area contributed by atoms with E-state index in [-0.39, 0.29) is 10.8 Å². The van der Waals surface area contributed by atoms with Crippen molar-refractivity contribution >= 4 is 0 Å². The molecule has 124 valence electrons. The Morgan fingerprint density at radius 3 is 2.45 bits per heavy atom. The van der Waals surface area contributed by atoms with Gasteiger partial charge in [0.25, 0.3) is 0 Å². The lowest BCUT2D eigenvalue weighted by atomic mass is 9.40. The summed E-state index contributed by atoms with van der Waals surface area (Å²) in [5, 5.41) is 21.1. The first-order chi connectivity index (χ1) is 10.2. The molecular formula is C20H32O2. The summed E-state index contributed by atoms with van der Waals surface area (Å²) in [6, 6.07) is 0. The minimum atomic E-state index is -0.572. The van der Waals surface area contributed by atoms with E-state index in [1.54, 1.807) is 5.57 Å². The predicted octanol–water partition coefficient (Wildman–Crippen LogP) is 3.92. The molecule has 4 aliphatic carbocycles. The lowest BCUT2D eigenvalue weighted by Gasteiger charge is -2.65. The molecule has 2 N–H and O–H groups in total. The van der Waals surface area contributed by atoms with Crippen LogP contribution >= 0.6 is 0 Å². The molecule has 0 aromatic carbocycles. The van der Waals surface area contributed by atoms with Crippen LogP contribution in [0.2, 0.25) is 0 Å². The lowest BCUT2D eigenvalue weighted by molar-refractivity contribution is -0.212. The van der Waals surface area contributed by atoms with E-state index in [9.17, 15) is 10.2 Å². The van der Waals surface area contributed by atoms with Gasteiger partial charge < -0.3 is 10.2 Å². The zero-order valence-electron chi connectivity index (χ0n) is 14.6. The second-order valence-corrected chi connectivity index (χ2v) is 9.79. The summed E-state index contributed by atoms with van der Waals surface area (Å²) < 4.78 is 0. The molecule has 2 heteroatoms. The summed E-state index contributed by atoms with van der Waals surface area (Å²) in [5.41, 5.74) is 2.02. The Balaban J connectivity index is 1.77. The maximum Gasteiger partial charge on any atom is 0.0852 e. The van der Waals surface area contributed by atoms with Gasteiger partial charge in [0.2, 0.25) is 0 Å². The highest BCUT2D eigenvalue weighted by Crippen LogP contribution is 2.70. The molecule has 2 bridgehead atoms. The smallest absolute Gasteiger partial charge is 0.0852 e. The second kappa shape index (κ2) is 4.39. The fourth-order valence-corrected chi connectivity index (χ4v) is 7.57. The SMILES string of the molecule is CC1=C[C@@]23CC[C@@H]4C(C)(C)[C@H](O)[C@H](O)C[C@@]4(C)[C@@H]2CC[C@@H]1C3. The number of fused-ring (bicyclic) bond motifs is 3. The molecule has 4 rings (SSSR count). The van der Waals surface area contributed by atoms with Crippen LogP contribution in [0.15, 0.2) is 11.6 Å². The molecule has 3 fully saturated rings. The third kappa shape index (κ3) is 1.69. The zero-order chi connectivity index (χ0) is 15.9. The number of aliphatic hydroxyl groups excluding tert-OH is 2. The fraction of sp³-hybridized carbons (Fsp3) is 0.900. The first-order valence-electron chi connectivity index (χ1n) is 9.26. The van der Waals surface area contributed by atoms with E-state index < -0.39 is 12.2 Å². The van der Waals surface area contributed by atoms with Crippen molar-refractivity contribution in [2.45, 2.75) is 78.4 Å². The van der Waals surface area contributed by atoms with Gasteiger partial charge in [0.1, 0.15) is 0 Å². The first-order valence-corrected chi connectivity index (χ1v) is 9.26. The molecule has 3 saturated carbocycles. The van der Waals surface area contributed by atoms with Gasteiger partial charge in [-0.1, -0.05) is 32.4 Å². The Morgan fingerprint density at radius 2 is 1.73 bits per heavy atom. The summed E-state index contributed by atoms with van der Waals surface area (Å²) in [4.78, 5) is 0. The van der Waals surface area contributed by atoms with Crippen LogP contribution in [0.25, 0.3) is 0 Å². The van der Waals surface area contributed by atoms with E-state index in [4.69, 9.17) is 0 Å². The van der Waals surface area contributed by atoms with Gasteiger partial charge in [-0.2, -0.15) is 0 Å². The van der Waals surface area contributed by atoms with Crippen molar-refractivity contribution < 1.29 is 10.2 Å². The van der Waals surface area contributed by atoms with Crippen LogP contribution in [0.1, 0.15) is 66.2 Å². The van der Waals surface area contributed by atoms with Gasteiger partial charge in [0.05, 0.1) is 12.2 Å². The summed E-state index contributed by atoms with van der Waals surface area (Å²) >= 11 is 0. The molecule has 0 amide bonds. The summed E-state index contributed by atoms with van der Waals surface area (Å²) in [7, 11) is 0. The highest BCUT2D eigenvalue weighted by molar-refractivity contribution is 5.27. The Bertz CT molecular complexity index is 522. The third-order valence-electron chi connectivity index (χ3n) is 8.45. The van der Waals surface area contributed by atoms with E-state index >= 15 is 0 Å². The maximum atomic E-state index is 10.6. The maximum absolute atomic E-state index is 10.6. The summed E-state index contributed by atoms with van der Waals surface area (Å²) in [6.45, 7) is 9.13. The molecule has 1 spiro atoms. The van der Waals surface area contributed by atoms with Gasteiger partial charge in [0.15, 0.2) is 0 Å². The normalized spacial score (nSPS) is 56.1. The third-order valence-corrected chi connectivity index (χ3v) is 8.45. The van der Waals surface area contributed by atoms with Crippen molar-refractivity contribution in [3.8, 4) is 0 Å². The van der Waals surface area contributed by atoms with Crippen LogP contribution in [0, 0.1) is 34.0 Å². The molecule has 0 unspecified atom stereocenters. The van der Waals surface area contributed by atoms with Crippen LogP contribution in [0.5, 0.6) is 0 Å². The molecule has 0 aromatic heterocycles. The van der Waals surface area contributed by atoms with E-state index in [0.717, 1.165) is 12.3 Å². The highest BCUT2D eigenvalue weighted by atomic mass is 16.3. The van der Waals surface area contributed by atoms with Crippen molar-refractivity contribution in [1.82, 2.24) is 0 Å². The monoisotopic (exact) mass is 304 g/mol. The van der Waals surface area contributed by atoms with Gasteiger partial charge in [-0.25, -0.2) is 0 Å². The minimum absolute atomic E-state index is 0.173. The topological polar surface area (TPSA) is 40.5 Å². The van der Waals surface area contributed by atoms with E-state index in [0.29, 0.717) is 17.3 Å². The molecule has 0 aromatic rings. The Kier molecular flexibility index (Phi) is 3.03. The van der Waals surface area contributed by atoms with Crippen molar-refractivity contribution in [3.63, 3.8) is 0 Å². The second-order valence-electron chi connectivity index (χ2n) is 9.79. The van der Waals surface area contributed by atoms with Crippen LogP contribution in [-0.2, 0) is 0 Å². The largest absolute Gasteiger partial charge is 0.390 e. The zero-order valence-corrected chi connectivity index (χ0v) is 14.6. The average molecular weight is 304 g/mol. The van der Waals surface area contributed by atoms with Gasteiger partial charge in [-0.05, 0) is 79.4 Å². The molecule has 22 heavy (non-hydrogen) atoms. The van der Waals surface area contributed by atoms with Gasteiger partial charge in [-0.3, -0.25) is 0 Å². The van der Waals surface area contributed by atoms with Crippen LogP contribution < -0.4 is 0 Å². The van der Waals surface area contributed by atoms with Crippen LogP contribution in [0.4, 0.5) is 0 Å². The highest BCUT2D eigenvalue weighted by Gasteiger charge is 2.64. The molecule has 4 aliphatic rings. The number of hydrogen-bond acceptors (Lipinski definition) is 2. The molecule has 0 saturated heterocycles. The van der Waals surface area contributed by atoms with Gasteiger partial charge in [0, 0.05) is 0 Å². The summed E-state index contributed by atoms with van der Waals surface area (Å²) in [6.07, 6.45) is 8.77. The average Bonchev–Trinajstić information content (AvgIpc) is 2.66. The predicted molar refractivity (Wildman–Crippen MR) is 88.3 cm³/mol. The van der Waals surface area contributed by atoms with Gasteiger partial charge >= 0.3 is 0 Å². The van der Waals surface area contributed by atoms with E-state index in [2.05, 4.69) is 33.8 Å².